The molecule has 3 rings (SSSR count). The number of nitrogens with one attached hydrogen (secondary N) is 1. The molecule has 1 fully saturated rings. The molecular formula is C17H17ClN2O4. The standard InChI is InChI=1S/C17H17ClN2O4/c18-10-5-6-11-12(9-10)17(24)20(16(11)23)8-7-15(22)19-13-3-1-2-4-14(13)21/h1-5,11-12,21H,6-9H2,(H,19,22)/t11-,12-/m1/s1. The highest BCUT2D eigenvalue weighted by atomic mass is 35.5. The van der Waals surface area contributed by atoms with Crippen LogP contribution in [0.25, 0.3) is 0 Å². The molecule has 0 spiro atoms. The largest absolute Gasteiger partial charge is 0.506 e. The second kappa shape index (κ2) is 6.65. The van der Waals surface area contributed by atoms with Crippen LogP contribution < -0.4 is 5.32 Å². The summed E-state index contributed by atoms with van der Waals surface area (Å²) < 4.78 is 0. The highest BCUT2D eigenvalue weighted by molar-refractivity contribution is 6.30. The molecule has 0 radical (unpaired) electrons. The fourth-order valence-corrected chi connectivity index (χ4v) is 3.38. The lowest BCUT2D eigenvalue weighted by Gasteiger charge is -2.17. The van der Waals surface area contributed by atoms with Gasteiger partial charge in [-0.1, -0.05) is 29.8 Å². The third kappa shape index (κ3) is 3.14. The molecule has 0 saturated carbocycles. The van der Waals surface area contributed by atoms with Crippen LogP contribution in [0.1, 0.15) is 19.3 Å². The lowest BCUT2D eigenvalue weighted by atomic mass is 9.85. The zero-order chi connectivity index (χ0) is 17.3. The number of imide groups is 1. The highest BCUT2D eigenvalue weighted by Crippen LogP contribution is 2.38. The van der Waals surface area contributed by atoms with Gasteiger partial charge in [-0.2, -0.15) is 0 Å². The maximum absolute atomic E-state index is 12.4. The topological polar surface area (TPSA) is 86.7 Å². The van der Waals surface area contributed by atoms with E-state index in [2.05, 4.69) is 5.32 Å². The minimum atomic E-state index is -0.406. The number of hydrogen-bond acceptors (Lipinski definition) is 4. The van der Waals surface area contributed by atoms with Crippen LogP contribution in [0.5, 0.6) is 5.75 Å². The molecule has 1 heterocycles. The van der Waals surface area contributed by atoms with Crippen LogP contribution in [-0.4, -0.2) is 34.3 Å². The van der Waals surface area contributed by atoms with Gasteiger partial charge in [-0.3, -0.25) is 19.3 Å². The van der Waals surface area contributed by atoms with Crippen LogP contribution in [-0.2, 0) is 14.4 Å². The molecule has 0 unspecified atom stereocenters. The summed E-state index contributed by atoms with van der Waals surface area (Å²) in [6.45, 7) is 0.0295. The second-order valence-corrected chi connectivity index (χ2v) is 6.43. The first-order valence-corrected chi connectivity index (χ1v) is 8.12. The molecule has 1 saturated heterocycles. The second-order valence-electron chi connectivity index (χ2n) is 5.95. The fraction of sp³-hybridized carbons (Fsp3) is 0.353. The summed E-state index contributed by atoms with van der Waals surface area (Å²) in [7, 11) is 0. The number of phenolic OH excluding ortho intramolecular Hbond substituents is 1. The summed E-state index contributed by atoms with van der Waals surface area (Å²) in [5.41, 5.74) is 0.297. The first-order chi connectivity index (χ1) is 11.5. The molecule has 2 aliphatic rings. The summed E-state index contributed by atoms with van der Waals surface area (Å²) in [5, 5.41) is 12.8. The summed E-state index contributed by atoms with van der Waals surface area (Å²) in [4.78, 5) is 37.9. The summed E-state index contributed by atoms with van der Waals surface area (Å²) >= 11 is 5.97. The smallest absolute Gasteiger partial charge is 0.233 e. The number of nitrogens with zero attached hydrogens (tertiary/aromatic N) is 1. The molecule has 2 N–H and O–H groups in total. The molecule has 1 aromatic carbocycles. The lowest BCUT2D eigenvalue weighted by molar-refractivity contribution is -0.140. The van der Waals surface area contributed by atoms with Crippen molar-refractivity contribution < 1.29 is 19.5 Å². The zero-order valence-electron chi connectivity index (χ0n) is 12.9. The first-order valence-electron chi connectivity index (χ1n) is 7.75. The Bertz CT molecular complexity index is 731. The molecular weight excluding hydrogens is 332 g/mol. The van der Waals surface area contributed by atoms with Crippen LogP contribution in [0.3, 0.4) is 0 Å². The van der Waals surface area contributed by atoms with E-state index in [0.717, 1.165) is 4.90 Å². The Morgan fingerprint density at radius 3 is 2.71 bits per heavy atom. The van der Waals surface area contributed by atoms with Gasteiger partial charge >= 0.3 is 0 Å². The van der Waals surface area contributed by atoms with E-state index in [4.69, 9.17) is 11.6 Å². The van der Waals surface area contributed by atoms with E-state index < -0.39 is 5.92 Å². The number of carbonyl (C=O) groups excluding carboxylic acids is 3. The lowest BCUT2D eigenvalue weighted by Crippen LogP contribution is -2.34. The third-order valence-corrected chi connectivity index (χ3v) is 4.71. The van der Waals surface area contributed by atoms with Crippen LogP contribution in [0, 0.1) is 11.8 Å². The van der Waals surface area contributed by atoms with Gasteiger partial charge in [0.2, 0.25) is 17.7 Å². The Morgan fingerprint density at radius 1 is 1.25 bits per heavy atom. The average Bonchev–Trinajstić information content (AvgIpc) is 2.78. The molecule has 0 aromatic heterocycles. The zero-order valence-corrected chi connectivity index (χ0v) is 13.6. The first kappa shape index (κ1) is 16.5. The van der Waals surface area contributed by atoms with E-state index in [1.54, 1.807) is 24.3 Å². The van der Waals surface area contributed by atoms with Crippen molar-refractivity contribution in [2.24, 2.45) is 11.8 Å². The maximum atomic E-state index is 12.4. The predicted octanol–water partition coefficient (Wildman–Crippen LogP) is 2.24. The number of hydrogen-bond donors (Lipinski definition) is 2. The number of rotatable bonds is 4. The van der Waals surface area contributed by atoms with E-state index in [-0.39, 0.29) is 42.4 Å². The van der Waals surface area contributed by atoms with E-state index in [9.17, 15) is 19.5 Å². The molecule has 126 valence electrons. The summed E-state index contributed by atoms with van der Waals surface area (Å²) in [6, 6.07) is 6.37. The molecule has 6 nitrogen and oxygen atoms in total. The summed E-state index contributed by atoms with van der Waals surface area (Å²) in [6.07, 6.45) is 2.61. The quantitative estimate of drug-likeness (QED) is 0.645. The van der Waals surface area contributed by atoms with Crippen LogP contribution >= 0.6 is 11.6 Å². The Hall–Kier alpha value is -2.34. The third-order valence-electron chi connectivity index (χ3n) is 4.40. The number of amides is 3. The monoisotopic (exact) mass is 348 g/mol. The van der Waals surface area contributed by atoms with E-state index in [1.807, 2.05) is 0 Å². The number of benzene rings is 1. The van der Waals surface area contributed by atoms with Gasteiger partial charge in [-0.15, -0.1) is 0 Å². The SMILES string of the molecule is O=C(CCN1C(=O)[C@@H]2CC=C(Cl)C[C@H]2C1=O)Nc1ccccc1O. The van der Waals surface area contributed by atoms with Gasteiger partial charge in [0.05, 0.1) is 17.5 Å². The van der Waals surface area contributed by atoms with Gasteiger partial charge in [0, 0.05) is 18.0 Å². The number of anilines is 1. The van der Waals surface area contributed by atoms with Crippen LogP contribution in [0.4, 0.5) is 5.69 Å². The van der Waals surface area contributed by atoms with Crippen LogP contribution in [0.2, 0.25) is 0 Å². The van der Waals surface area contributed by atoms with Crippen molar-refractivity contribution in [1.29, 1.82) is 0 Å². The average molecular weight is 349 g/mol. The van der Waals surface area contributed by atoms with Gasteiger partial charge in [0.15, 0.2) is 0 Å². The molecule has 3 amide bonds. The predicted molar refractivity (Wildman–Crippen MR) is 88.2 cm³/mol. The molecule has 7 heteroatoms. The van der Waals surface area contributed by atoms with Crippen LogP contribution in [0.15, 0.2) is 35.4 Å². The molecule has 1 aliphatic heterocycles. The molecule has 0 bridgehead atoms. The Balaban J connectivity index is 1.59. The van der Waals surface area contributed by atoms with Gasteiger partial charge in [-0.25, -0.2) is 0 Å². The molecule has 1 aliphatic carbocycles. The van der Waals surface area contributed by atoms with Crippen molar-refractivity contribution in [1.82, 2.24) is 4.90 Å². The Kier molecular flexibility index (Phi) is 4.57. The van der Waals surface area contributed by atoms with Crippen molar-refractivity contribution in [2.75, 3.05) is 11.9 Å². The molecule has 1 aromatic rings. The molecule has 2 atom stereocenters. The van der Waals surface area contributed by atoms with Gasteiger partial charge in [0.1, 0.15) is 5.75 Å². The number of likely N-dealkylation sites (tertiary alicyclic amines) is 1. The van der Waals surface area contributed by atoms with Crippen molar-refractivity contribution >= 4 is 35.0 Å². The summed E-state index contributed by atoms with van der Waals surface area (Å²) in [5.74, 6) is -1.67. The van der Waals surface area contributed by atoms with E-state index >= 15 is 0 Å². The molecule has 24 heavy (non-hydrogen) atoms. The van der Waals surface area contributed by atoms with E-state index in [1.165, 1.54) is 6.07 Å². The number of allylic oxidation sites excluding steroid dienone is 2. The van der Waals surface area contributed by atoms with Gasteiger partial charge in [-0.05, 0) is 25.0 Å². The fourth-order valence-electron chi connectivity index (χ4n) is 3.12. The van der Waals surface area contributed by atoms with Crippen molar-refractivity contribution in [2.45, 2.75) is 19.3 Å². The Morgan fingerprint density at radius 2 is 1.96 bits per heavy atom. The normalized spacial score (nSPS) is 23.0. The minimum Gasteiger partial charge on any atom is -0.506 e. The number of aromatic hydroxyl groups is 1. The minimum absolute atomic E-state index is 0.0214. The van der Waals surface area contributed by atoms with Crippen molar-refractivity contribution in [3.63, 3.8) is 0 Å². The number of para-hydroxylation sites is 2. The van der Waals surface area contributed by atoms with Gasteiger partial charge in [0.25, 0.3) is 0 Å². The van der Waals surface area contributed by atoms with E-state index in [0.29, 0.717) is 23.6 Å². The van der Waals surface area contributed by atoms with Crippen molar-refractivity contribution in [3.8, 4) is 5.75 Å². The van der Waals surface area contributed by atoms with Gasteiger partial charge < -0.3 is 10.4 Å². The Labute approximate surface area is 144 Å². The number of phenols is 1. The maximum Gasteiger partial charge on any atom is 0.233 e. The number of carbonyl (C=O) groups is 3. The number of halogens is 1. The highest BCUT2D eigenvalue weighted by Gasteiger charge is 2.48. The number of fused-ring (bicyclic) bond motifs is 1. The van der Waals surface area contributed by atoms with Crippen molar-refractivity contribution in [3.05, 3.63) is 35.4 Å².